The summed E-state index contributed by atoms with van der Waals surface area (Å²) in [4.78, 5) is 31.2. The van der Waals surface area contributed by atoms with Gasteiger partial charge in [0.15, 0.2) is 0 Å². The van der Waals surface area contributed by atoms with E-state index in [2.05, 4.69) is 32.4 Å². The van der Waals surface area contributed by atoms with Gasteiger partial charge in [0, 0.05) is 38.1 Å². The van der Waals surface area contributed by atoms with Crippen LogP contribution in [0.15, 0.2) is 47.4 Å². The van der Waals surface area contributed by atoms with Gasteiger partial charge in [-0.3, -0.25) is 9.59 Å². The van der Waals surface area contributed by atoms with Crippen LogP contribution in [0.1, 0.15) is 122 Å². The first-order chi connectivity index (χ1) is 21.2. The van der Waals surface area contributed by atoms with Gasteiger partial charge in [-0.1, -0.05) is 97.9 Å². The minimum Gasteiger partial charge on any atom is -0.339 e. The third-order valence-electron chi connectivity index (χ3n) is 8.73. The quantitative estimate of drug-likeness (QED) is 0.269. The van der Waals surface area contributed by atoms with E-state index >= 15 is 0 Å². The van der Waals surface area contributed by atoms with E-state index in [1.54, 1.807) is 4.90 Å². The van der Waals surface area contributed by atoms with Gasteiger partial charge in [-0.25, -0.2) is 8.42 Å². The zero-order valence-corrected chi connectivity index (χ0v) is 30.6. The number of nitrogens with zero attached hydrogens (tertiary/aromatic N) is 2. The monoisotopic (exact) mass is 654 g/mol. The highest BCUT2D eigenvalue weighted by molar-refractivity contribution is 7.89. The summed E-state index contributed by atoms with van der Waals surface area (Å²) in [6.45, 7) is 21.8. The van der Waals surface area contributed by atoms with Crippen molar-refractivity contribution >= 4 is 21.8 Å². The zero-order valence-electron chi connectivity index (χ0n) is 29.8. The van der Waals surface area contributed by atoms with Crippen LogP contribution < -0.4 is 10.5 Å². The standard InChI is InChI=1S/C37H58N4O4S/c1-25(2)29-21-30(26(3)4)34(31(22-29)27(5)6)46(44,45)39-32(20-28-14-12-11-13-15-28)35(43)41-18-16-40(17-19-41)33(42)23-36(7,8)24-37(9,10)38/h11-15,21-22,25-27,32,39H,16-20,23-24,38H2,1-10H3. The molecule has 3 N–H and O–H groups in total. The van der Waals surface area contributed by atoms with Gasteiger partial charge in [0.1, 0.15) is 6.04 Å². The number of benzene rings is 2. The minimum atomic E-state index is -4.09. The fourth-order valence-electron chi connectivity index (χ4n) is 6.69. The Kier molecular flexibility index (Phi) is 12.3. The van der Waals surface area contributed by atoms with E-state index in [1.165, 1.54) is 0 Å². The lowest BCUT2D eigenvalue weighted by Crippen LogP contribution is -2.56. The molecule has 1 unspecified atom stereocenters. The number of carbonyl (C=O) groups excluding carboxylic acids is 2. The molecule has 3 rings (SSSR count). The van der Waals surface area contributed by atoms with Crippen molar-refractivity contribution in [1.82, 2.24) is 14.5 Å². The summed E-state index contributed by atoms with van der Waals surface area (Å²) in [5.41, 5.74) is 9.11. The Bertz CT molecular complexity index is 1420. The van der Waals surface area contributed by atoms with Crippen molar-refractivity contribution in [3.8, 4) is 0 Å². The largest absolute Gasteiger partial charge is 0.339 e. The highest BCUT2D eigenvalue weighted by Gasteiger charge is 2.36. The first-order valence-corrected chi connectivity index (χ1v) is 18.3. The SMILES string of the molecule is CC(C)c1cc(C(C)C)c(S(=O)(=O)NC(Cc2ccccc2)C(=O)N2CCN(C(=O)CC(C)(C)CC(C)(C)N)CC2)c(C(C)C)c1. The molecule has 1 aliphatic heterocycles. The molecule has 1 atom stereocenters. The van der Waals surface area contributed by atoms with Crippen LogP contribution in [0, 0.1) is 5.41 Å². The van der Waals surface area contributed by atoms with Crippen molar-refractivity contribution < 1.29 is 18.0 Å². The molecule has 0 spiro atoms. The van der Waals surface area contributed by atoms with Crippen LogP contribution in [0.3, 0.4) is 0 Å². The first-order valence-electron chi connectivity index (χ1n) is 16.8. The molecule has 0 aromatic heterocycles. The number of nitrogens with one attached hydrogen (secondary N) is 1. The van der Waals surface area contributed by atoms with Crippen LogP contribution in [0.25, 0.3) is 0 Å². The van der Waals surface area contributed by atoms with Crippen LogP contribution in [0.4, 0.5) is 0 Å². The van der Waals surface area contributed by atoms with Crippen LogP contribution in [0.2, 0.25) is 0 Å². The predicted octanol–water partition coefficient (Wildman–Crippen LogP) is 6.16. The second-order valence-corrected chi connectivity index (χ2v) is 17.2. The highest BCUT2D eigenvalue weighted by atomic mass is 32.2. The number of sulfonamides is 1. The molecule has 1 saturated heterocycles. The van der Waals surface area contributed by atoms with Gasteiger partial charge in [0.25, 0.3) is 0 Å². The van der Waals surface area contributed by atoms with Crippen LogP contribution in [0.5, 0.6) is 0 Å². The van der Waals surface area contributed by atoms with Crippen molar-refractivity contribution in [3.05, 3.63) is 64.7 Å². The van der Waals surface area contributed by atoms with Gasteiger partial charge < -0.3 is 15.5 Å². The number of carbonyl (C=O) groups is 2. The second-order valence-electron chi connectivity index (χ2n) is 15.6. The summed E-state index contributed by atoms with van der Waals surface area (Å²) in [6, 6.07) is 12.5. The van der Waals surface area contributed by atoms with Gasteiger partial charge in [-0.15, -0.1) is 0 Å². The number of nitrogens with two attached hydrogens (primary N) is 1. The lowest BCUT2D eigenvalue weighted by atomic mass is 9.78. The summed E-state index contributed by atoms with van der Waals surface area (Å²) in [5, 5.41) is 0. The Labute approximate surface area is 278 Å². The molecule has 1 aliphatic rings. The Morgan fingerprint density at radius 3 is 1.78 bits per heavy atom. The number of amides is 2. The molecule has 8 nitrogen and oxygen atoms in total. The van der Waals surface area contributed by atoms with Gasteiger partial charge in [-0.2, -0.15) is 4.72 Å². The van der Waals surface area contributed by atoms with E-state index in [9.17, 15) is 18.0 Å². The Morgan fingerprint density at radius 1 is 0.826 bits per heavy atom. The molecular weight excluding hydrogens is 596 g/mol. The Hall–Kier alpha value is -2.75. The van der Waals surface area contributed by atoms with Gasteiger partial charge in [0.2, 0.25) is 21.8 Å². The van der Waals surface area contributed by atoms with Crippen molar-refractivity contribution in [2.75, 3.05) is 26.2 Å². The Balaban J connectivity index is 1.89. The maximum Gasteiger partial charge on any atom is 0.241 e. The molecule has 0 saturated carbocycles. The van der Waals surface area contributed by atoms with Crippen LogP contribution >= 0.6 is 0 Å². The first kappa shape index (κ1) is 37.7. The number of rotatable bonds is 13. The van der Waals surface area contributed by atoms with Crippen LogP contribution in [-0.4, -0.2) is 67.8 Å². The maximum absolute atomic E-state index is 14.4. The molecule has 2 amide bonds. The van der Waals surface area contributed by atoms with E-state index in [0.717, 1.165) is 22.3 Å². The van der Waals surface area contributed by atoms with E-state index < -0.39 is 16.1 Å². The normalized spacial score (nSPS) is 15.6. The molecular formula is C37H58N4O4S. The average molecular weight is 655 g/mol. The molecule has 0 aliphatic carbocycles. The summed E-state index contributed by atoms with van der Waals surface area (Å²) in [5.74, 6) is -0.0396. The van der Waals surface area contributed by atoms with E-state index in [0.29, 0.717) is 39.0 Å². The predicted molar refractivity (Wildman–Crippen MR) is 187 cm³/mol. The molecule has 46 heavy (non-hydrogen) atoms. The van der Waals surface area contributed by atoms with E-state index in [1.807, 2.05) is 88.9 Å². The van der Waals surface area contributed by atoms with Crippen molar-refractivity contribution in [2.24, 2.45) is 11.1 Å². The molecule has 256 valence electrons. The number of hydrogen-bond acceptors (Lipinski definition) is 5. The Morgan fingerprint density at radius 2 is 1.33 bits per heavy atom. The lowest BCUT2D eigenvalue weighted by molar-refractivity contribution is -0.141. The summed E-state index contributed by atoms with van der Waals surface area (Å²) in [6.07, 6.45) is 1.31. The maximum atomic E-state index is 14.4. The third-order valence-corrected chi connectivity index (χ3v) is 10.3. The summed E-state index contributed by atoms with van der Waals surface area (Å²) < 4.78 is 31.6. The minimum absolute atomic E-state index is 0.0300. The van der Waals surface area contributed by atoms with Gasteiger partial charge in [-0.05, 0) is 72.1 Å². The molecule has 2 aromatic rings. The highest BCUT2D eigenvalue weighted by Crippen LogP contribution is 2.35. The molecule has 1 fully saturated rings. The number of hydrogen-bond donors (Lipinski definition) is 2. The fourth-order valence-corrected chi connectivity index (χ4v) is 8.58. The van der Waals surface area contributed by atoms with Gasteiger partial charge >= 0.3 is 0 Å². The van der Waals surface area contributed by atoms with Gasteiger partial charge in [0.05, 0.1) is 4.90 Å². The smallest absolute Gasteiger partial charge is 0.241 e. The fraction of sp³-hybridized carbons (Fsp3) is 0.622. The summed E-state index contributed by atoms with van der Waals surface area (Å²) >= 11 is 0. The topological polar surface area (TPSA) is 113 Å². The second kappa shape index (κ2) is 15.0. The molecule has 2 aromatic carbocycles. The zero-order chi connectivity index (χ0) is 34.6. The lowest BCUT2D eigenvalue weighted by Gasteiger charge is -2.38. The molecule has 9 heteroatoms. The van der Waals surface area contributed by atoms with Crippen LogP contribution in [-0.2, 0) is 26.0 Å². The molecule has 0 bridgehead atoms. The van der Waals surface area contributed by atoms with Crippen molar-refractivity contribution in [2.45, 2.75) is 123 Å². The molecule has 1 heterocycles. The third kappa shape index (κ3) is 10.1. The molecule has 0 radical (unpaired) electrons. The van der Waals surface area contributed by atoms with E-state index in [-0.39, 0.29) is 51.8 Å². The van der Waals surface area contributed by atoms with Crippen molar-refractivity contribution in [1.29, 1.82) is 0 Å². The average Bonchev–Trinajstić information content (AvgIpc) is 2.94. The van der Waals surface area contributed by atoms with Crippen molar-refractivity contribution in [3.63, 3.8) is 0 Å². The number of piperazine rings is 1. The van der Waals surface area contributed by atoms with E-state index in [4.69, 9.17) is 5.73 Å². The summed E-state index contributed by atoms with van der Waals surface area (Å²) in [7, 11) is -4.09.